The highest BCUT2D eigenvalue weighted by atomic mass is 16.5. The summed E-state index contributed by atoms with van der Waals surface area (Å²) in [6, 6.07) is 7.68. The number of aromatic carboxylic acids is 1. The number of nitrogens with zero attached hydrogens (tertiary/aromatic N) is 3. The Kier molecular flexibility index (Phi) is 2.63. The highest BCUT2D eigenvalue weighted by Gasteiger charge is 2.35. The predicted molar refractivity (Wildman–Crippen MR) is 89.6 cm³/mol. The van der Waals surface area contributed by atoms with Gasteiger partial charge in [0.1, 0.15) is 11.5 Å². The fourth-order valence-corrected chi connectivity index (χ4v) is 4.30. The Morgan fingerprint density at radius 3 is 2.79 bits per heavy atom. The first-order chi connectivity index (χ1) is 11.6. The molecule has 0 spiro atoms. The largest absolute Gasteiger partial charge is 0.475 e. The van der Waals surface area contributed by atoms with E-state index < -0.39 is 5.97 Å². The molecule has 1 aromatic carbocycles. The van der Waals surface area contributed by atoms with Gasteiger partial charge in [-0.25, -0.2) is 4.79 Å². The minimum absolute atomic E-state index is 0.134. The second-order valence-corrected chi connectivity index (χ2v) is 6.67. The van der Waals surface area contributed by atoms with Crippen molar-refractivity contribution in [1.82, 2.24) is 9.72 Å². The van der Waals surface area contributed by atoms with Crippen molar-refractivity contribution in [3.05, 3.63) is 35.6 Å². The third-order valence-corrected chi connectivity index (χ3v) is 5.43. The van der Waals surface area contributed by atoms with Crippen molar-refractivity contribution in [2.75, 3.05) is 18.0 Å². The van der Waals surface area contributed by atoms with Gasteiger partial charge < -0.3 is 19.1 Å². The van der Waals surface area contributed by atoms with Crippen LogP contribution in [0.25, 0.3) is 22.2 Å². The number of aryl methyl sites for hydroxylation is 1. The first-order valence-electron chi connectivity index (χ1n) is 8.21. The zero-order valence-electron chi connectivity index (χ0n) is 13.3. The summed E-state index contributed by atoms with van der Waals surface area (Å²) in [6.45, 7) is 2.28. The van der Waals surface area contributed by atoms with Crippen molar-refractivity contribution < 1.29 is 14.4 Å². The van der Waals surface area contributed by atoms with E-state index in [1.165, 1.54) is 41.2 Å². The highest BCUT2D eigenvalue weighted by molar-refractivity contribution is 5.95. The van der Waals surface area contributed by atoms with Crippen LogP contribution in [0.2, 0.25) is 0 Å². The molecule has 1 N–H and O–H groups in total. The number of carbonyl (C=O) groups is 1. The van der Waals surface area contributed by atoms with Crippen LogP contribution in [0.1, 0.15) is 34.9 Å². The average Bonchev–Trinajstić information content (AvgIpc) is 3.21. The van der Waals surface area contributed by atoms with Gasteiger partial charge in [-0.3, -0.25) is 0 Å². The van der Waals surface area contributed by atoms with E-state index in [2.05, 4.69) is 33.8 Å². The minimum atomic E-state index is -1.10. The topological polar surface area (TPSA) is 71.5 Å². The molecule has 0 aliphatic carbocycles. The van der Waals surface area contributed by atoms with E-state index in [9.17, 15) is 4.79 Å². The molecule has 0 unspecified atom stereocenters. The molecule has 122 valence electrons. The fourth-order valence-electron chi connectivity index (χ4n) is 4.30. The van der Waals surface area contributed by atoms with Crippen LogP contribution in [0.3, 0.4) is 0 Å². The van der Waals surface area contributed by atoms with Crippen molar-refractivity contribution in [1.29, 1.82) is 0 Å². The van der Waals surface area contributed by atoms with Gasteiger partial charge in [0.2, 0.25) is 5.76 Å². The number of carboxylic acids is 1. The van der Waals surface area contributed by atoms with Crippen molar-refractivity contribution in [2.45, 2.75) is 18.8 Å². The third-order valence-electron chi connectivity index (χ3n) is 5.43. The number of hydrogen-bond acceptors (Lipinski definition) is 4. The molecule has 6 rings (SSSR count). The van der Waals surface area contributed by atoms with Crippen molar-refractivity contribution in [3.63, 3.8) is 0 Å². The molecule has 0 radical (unpaired) electrons. The Balaban J connectivity index is 1.71. The molecule has 3 aliphatic rings. The van der Waals surface area contributed by atoms with Crippen LogP contribution in [0.4, 0.5) is 5.82 Å². The summed E-state index contributed by atoms with van der Waals surface area (Å²) in [5, 5.41) is 14.2. The lowest BCUT2D eigenvalue weighted by atomic mass is 9.84. The summed E-state index contributed by atoms with van der Waals surface area (Å²) >= 11 is 0. The van der Waals surface area contributed by atoms with Gasteiger partial charge in [0, 0.05) is 48.2 Å². The van der Waals surface area contributed by atoms with Crippen LogP contribution >= 0.6 is 0 Å². The number of piperidine rings is 1. The molecule has 6 nitrogen and oxygen atoms in total. The van der Waals surface area contributed by atoms with E-state index in [1.807, 2.05) is 6.07 Å². The first-order valence-corrected chi connectivity index (χ1v) is 8.21. The van der Waals surface area contributed by atoms with Gasteiger partial charge in [0.15, 0.2) is 0 Å². The van der Waals surface area contributed by atoms with Crippen molar-refractivity contribution in [2.24, 2.45) is 7.05 Å². The van der Waals surface area contributed by atoms with E-state index in [0.29, 0.717) is 11.6 Å². The fraction of sp³-hybridized carbons (Fsp3) is 0.333. The Bertz CT molecular complexity index is 977. The molecule has 0 amide bonds. The van der Waals surface area contributed by atoms with E-state index >= 15 is 0 Å². The quantitative estimate of drug-likeness (QED) is 0.784. The molecule has 24 heavy (non-hydrogen) atoms. The molecule has 3 aromatic rings. The first kappa shape index (κ1) is 13.7. The molecule has 2 aromatic heterocycles. The second kappa shape index (κ2) is 4.63. The lowest BCUT2D eigenvalue weighted by Crippen LogP contribution is -2.39. The van der Waals surface area contributed by atoms with Crippen LogP contribution in [-0.2, 0) is 7.05 Å². The maximum absolute atomic E-state index is 11.0. The summed E-state index contributed by atoms with van der Waals surface area (Å²) in [5.74, 6) is 0.731. The zero-order valence-corrected chi connectivity index (χ0v) is 13.3. The number of aromatic nitrogens is 2. The maximum Gasteiger partial charge on any atom is 0.374 e. The molecular formula is C18H17N3O3. The second-order valence-electron chi connectivity index (χ2n) is 6.67. The smallest absolute Gasteiger partial charge is 0.374 e. The molecule has 0 saturated carbocycles. The summed E-state index contributed by atoms with van der Waals surface area (Å²) in [5.41, 5.74) is 4.11. The van der Waals surface area contributed by atoms with Crippen LogP contribution in [-0.4, -0.2) is 33.9 Å². The molecule has 5 heterocycles. The van der Waals surface area contributed by atoms with Crippen LogP contribution in [0.15, 0.2) is 28.8 Å². The van der Waals surface area contributed by atoms with Gasteiger partial charge in [-0.15, -0.1) is 0 Å². The van der Waals surface area contributed by atoms with Crippen LogP contribution < -0.4 is 4.90 Å². The molecule has 1 fully saturated rings. The monoisotopic (exact) mass is 323 g/mol. The van der Waals surface area contributed by atoms with E-state index in [-0.39, 0.29) is 5.76 Å². The highest BCUT2D eigenvalue weighted by Crippen LogP contribution is 2.47. The molecule has 0 atom stereocenters. The van der Waals surface area contributed by atoms with Gasteiger partial charge in [0.25, 0.3) is 0 Å². The number of fused-ring (bicyclic) bond motifs is 3. The standard InChI is InChI=1S/C18H17N3O3/c1-20-14-3-2-11(13-9-15(18(22)23)24-19-13)8-12(14)16-10-4-6-21(7-5-10)17(16)20/h2-3,8-10H,4-7H2,1H3,(H,22,23). The van der Waals surface area contributed by atoms with E-state index in [0.717, 1.165) is 18.7 Å². The van der Waals surface area contributed by atoms with E-state index in [4.69, 9.17) is 9.63 Å². The SMILES string of the molecule is Cn1c2c(c3cc(-c4cc(C(=O)O)on4)ccc31)C1CCN2CC1. The Morgan fingerprint density at radius 1 is 1.29 bits per heavy atom. The molecular weight excluding hydrogens is 306 g/mol. The zero-order chi connectivity index (χ0) is 16.4. The maximum atomic E-state index is 11.0. The Morgan fingerprint density at radius 2 is 2.08 bits per heavy atom. The van der Waals surface area contributed by atoms with Gasteiger partial charge in [0.05, 0.1) is 0 Å². The van der Waals surface area contributed by atoms with Gasteiger partial charge in [-0.2, -0.15) is 0 Å². The number of benzene rings is 1. The van der Waals surface area contributed by atoms with Crippen LogP contribution in [0.5, 0.6) is 0 Å². The molecule has 3 aliphatic heterocycles. The molecule has 1 saturated heterocycles. The lowest BCUT2D eigenvalue weighted by Gasteiger charge is -2.41. The Hall–Kier alpha value is -2.76. The summed E-state index contributed by atoms with van der Waals surface area (Å²) in [7, 11) is 2.13. The average molecular weight is 323 g/mol. The van der Waals surface area contributed by atoms with Crippen LogP contribution in [0, 0.1) is 0 Å². The lowest BCUT2D eigenvalue weighted by molar-refractivity contribution is 0.0652. The number of carboxylic acid groups (broad SMARTS) is 1. The minimum Gasteiger partial charge on any atom is -0.475 e. The number of rotatable bonds is 2. The molecule has 2 bridgehead atoms. The summed E-state index contributed by atoms with van der Waals surface area (Å²) in [4.78, 5) is 13.5. The van der Waals surface area contributed by atoms with Crippen molar-refractivity contribution >= 4 is 22.7 Å². The number of anilines is 1. The third kappa shape index (κ3) is 1.71. The summed E-state index contributed by atoms with van der Waals surface area (Å²) in [6.07, 6.45) is 2.42. The Labute approximate surface area is 138 Å². The van der Waals surface area contributed by atoms with Gasteiger partial charge >= 0.3 is 5.97 Å². The van der Waals surface area contributed by atoms with Gasteiger partial charge in [-0.1, -0.05) is 11.2 Å². The number of hydrogen-bond donors (Lipinski definition) is 1. The summed E-state index contributed by atoms with van der Waals surface area (Å²) < 4.78 is 7.18. The predicted octanol–water partition coefficient (Wildman–Crippen LogP) is 3.23. The van der Waals surface area contributed by atoms with Gasteiger partial charge in [-0.05, 0) is 30.9 Å². The normalized spacial score (nSPS) is 16.8. The molecule has 6 heteroatoms. The van der Waals surface area contributed by atoms with E-state index in [1.54, 1.807) is 0 Å². The van der Waals surface area contributed by atoms with Crippen molar-refractivity contribution in [3.8, 4) is 11.3 Å².